The minimum atomic E-state index is 0.358. The summed E-state index contributed by atoms with van der Waals surface area (Å²) in [5, 5.41) is 13.1. The average molecular weight is 288 g/mol. The van der Waals surface area contributed by atoms with E-state index >= 15 is 0 Å². The van der Waals surface area contributed by atoms with Crippen LogP contribution in [0.2, 0.25) is 0 Å². The smallest absolute Gasteiger partial charge is 0.115 e. The van der Waals surface area contributed by atoms with E-state index in [9.17, 15) is 5.11 Å². The number of piperidine rings is 1. The molecule has 2 N–H and O–H groups in total. The maximum Gasteiger partial charge on any atom is 0.115 e. The number of nitrogens with zero attached hydrogens (tertiary/aromatic N) is 1. The van der Waals surface area contributed by atoms with Crippen LogP contribution in [-0.4, -0.2) is 41.2 Å². The van der Waals surface area contributed by atoms with Gasteiger partial charge in [0, 0.05) is 24.7 Å². The second kappa shape index (κ2) is 6.80. The van der Waals surface area contributed by atoms with E-state index in [4.69, 9.17) is 0 Å². The van der Waals surface area contributed by atoms with Gasteiger partial charge in [0.05, 0.1) is 0 Å². The Labute approximate surface area is 128 Å². The van der Waals surface area contributed by atoms with E-state index in [-0.39, 0.29) is 0 Å². The average Bonchev–Trinajstić information content (AvgIpc) is 3.33. The van der Waals surface area contributed by atoms with Crippen LogP contribution in [0.5, 0.6) is 5.75 Å². The normalized spacial score (nSPS) is 24.2. The second-order valence-electron chi connectivity index (χ2n) is 6.79. The Morgan fingerprint density at radius 1 is 1.19 bits per heavy atom. The summed E-state index contributed by atoms with van der Waals surface area (Å²) in [4.78, 5) is 2.72. The van der Waals surface area contributed by atoms with E-state index < -0.39 is 0 Å². The summed E-state index contributed by atoms with van der Waals surface area (Å²) in [7, 11) is 0. The van der Waals surface area contributed by atoms with Crippen LogP contribution < -0.4 is 5.32 Å². The van der Waals surface area contributed by atoms with Crippen LogP contribution in [0.25, 0.3) is 0 Å². The van der Waals surface area contributed by atoms with Crippen molar-refractivity contribution in [3.63, 3.8) is 0 Å². The lowest BCUT2D eigenvalue weighted by Crippen LogP contribution is -2.48. The zero-order valence-electron chi connectivity index (χ0n) is 13.1. The van der Waals surface area contributed by atoms with Gasteiger partial charge in [0.25, 0.3) is 0 Å². The molecular formula is C18H28N2O. The first-order chi connectivity index (χ1) is 10.2. The summed E-state index contributed by atoms with van der Waals surface area (Å²) >= 11 is 0. The molecule has 0 spiro atoms. The molecule has 1 aliphatic carbocycles. The number of aromatic hydroxyl groups is 1. The van der Waals surface area contributed by atoms with Gasteiger partial charge < -0.3 is 10.4 Å². The molecule has 3 rings (SSSR count). The van der Waals surface area contributed by atoms with E-state index in [0.29, 0.717) is 17.8 Å². The van der Waals surface area contributed by atoms with Crippen molar-refractivity contribution in [1.82, 2.24) is 10.2 Å². The molecule has 0 aromatic heterocycles. The summed E-state index contributed by atoms with van der Waals surface area (Å²) in [5.74, 6) is 0.358. The molecule has 1 aliphatic heterocycles. The minimum Gasteiger partial charge on any atom is -0.508 e. The maximum absolute atomic E-state index is 9.40. The summed E-state index contributed by atoms with van der Waals surface area (Å²) in [5.41, 5.74) is 1.32. The van der Waals surface area contributed by atoms with Gasteiger partial charge in [-0.05, 0) is 63.3 Å². The Morgan fingerprint density at radius 2 is 1.95 bits per heavy atom. The quantitative estimate of drug-likeness (QED) is 0.845. The Bertz CT molecular complexity index is 435. The molecule has 3 nitrogen and oxygen atoms in total. The standard InChI is InChI=1S/C18H28N2O/c1-14(12-15-5-9-18(21)10-6-15)20(17-7-8-17)13-16-4-2-3-11-19-16/h5-6,9-10,14,16-17,19,21H,2-4,7-8,11-13H2,1H3. The Hall–Kier alpha value is -1.06. The van der Waals surface area contributed by atoms with Gasteiger partial charge in [0.2, 0.25) is 0 Å². The molecule has 2 aliphatic rings. The van der Waals surface area contributed by atoms with E-state index in [1.807, 2.05) is 0 Å². The molecule has 0 bridgehead atoms. The highest BCUT2D eigenvalue weighted by atomic mass is 16.3. The van der Waals surface area contributed by atoms with E-state index in [2.05, 4.69) is 29.3 Å². The first-order valence-corrected chi connectivity index (χ1v) is 8.49. The number of phenolic OH excluding ortho intramolecular Hbond substituents is 1. The molecule has 2 unspecified atom stereocenters. The maximum atomic E-state index is 9.40. The van der Waals surface area contributed by atoms with Gasteiger partial charge >= 0.3 is 0 Å². The predicted molar refractivity (Wildman–Crippen MR) is 86.6 cm³/mol. The van der Waals surface area contributed by atoms with Gasteiger partial charge in [-0.2, -0.15) is 0 Å². The third-order valence-electron chi connectivity index (χ3n) is 4.89. The summed E-state index contributed by atoms with van der Waals surface area (Å²) in [6.45, 7) is 4.74. The van der Waals surface area contributed by atoms with E-state index in [1.165, 1.54) is 50.8 Å². The topological polar surface area (TPSA) is 35.5 Å². The van der Waals surface area contributed by atoms with Gasteiger partial charge in [-0.3, -0.25) is 4.90 Å². The first kappa shape index (κ1) is 14.9. The highest BCUT2D eigenvalue weighted by Gasteiger charge is 2.33. The Balaban J connectivity index is 1.58. The zero-order chi connectivity index (χ0) is 14.7. The van der Waals surface area contributed by atoms with Gasteiger partial charge in [0.1, 0.15) is 5.75 Å². The van der Waals surface area contributed by atoms with Crippen molar-refractivity contribution in [1.29, 1.82) is 0 Å². The van der Waals surface area contributed by atoms with E-state index in [0.717, 1.165) is 12.5 Å². The summed E-state index contributed by atoms with van der Waals surface area (Å²) < 4.78 is 0. The molecule has 2 atom stereocenters. The molecule has 1 aromatic carbocycles. The van der Waals surface area contributed by atoms with Crippen LogP contribution in [-0.2, 0) is 6.42 Å². The highest BCUT2D eigenvalue weighted by molar-refractivity contribution is 5.26. The summed E-state index contributed by atoms with van der Waals surface area (Å²) in [6, 6.07) is 9.76. The lowest BCUT2D eigenvalue weighted by molar-refractivity contribution is 0.165. The van der Waals surface area contributed by atoms with Crippen molar-refractivity contribution in [2.75, 3.05) is 13.1 Å². The number of hydrogen-bond donors (Lipinski definition) is 2. The first-order valence-electron chi connectivity index (χ1n) is 8.49. The predicted octanol–water partition coefficient (Wildman–Crippen LogP) is 2.93. The van der Waals surface area contributed by atoms with Crippen molar-refractivity contribution in [2.45, 2.75) is 63.6 Å². The molecule has 21 heavy (non-hydrogen) atoms. The van der Waals surface area contributed by atoms with Gasteiger partial charge in [-0.25, -0.2) is 0 Å². The van der Waals surface area contributed by atoms with Crippen molar-refractivity contribution in [3.8, 4) is 5.75 Å². The van der Waals surface area contributed by atoms with Crippen LogP contribution in [0, 0.1) is 0 Å². The van der Waals surface area contributed by atoms with Gasteiger partial charge in [-0.15, -0.1) is 0 Å². The molecule has 1 aromatic rings. The fourth-order valence-electron chi connectivity index (χ4n) is 3.52. The molecule has 0 amide bonds. The minimum absolute atomic E-state index is 0.358. The van der Waals surface area contributed by atoms with Gasteiger partial charge in [0.15, 0.2) is 0 Å². The molecule has 2 fully saturated rings. The molecule has 0 radical (unpaired) electrons. The SMILES string of the molecule is CC(Cc1ccc(O)cc1)N(CC1CCCCN1)C1CC1. The largest absolute Gasteiger partial charge is 0.508 e. The number of benzene rings is 1. The van der Waals surface area contributed by atoms with Crippen LogP contribution in [0.4, 0.5) is 0 Å². The summed E-state index contributed by atoms with van der Waals surface area (Å²) in [6.07, 6.45) is 7.85. The van der Waals surface area contributed by atoms with Gasteiger partial charge in [-0.1, -0.05) is 18.6 Å². The Morgan fingerprint density at radius 3 is 2.57 bits per heavy atom. The van der Waals surface area contributed by atoms with Crippen molar-refractivity contribution in [2.24, 2.45) is 0 Å². The zero-order valence-corrected chi connectivity index (χ0v) is 13.1. The molecule has 116 valence electrons. The molecule has 3 heteroatoms. The van der Waals surface area contributed by atoms with E-state index in [1.54, 1.807) is 12.1 Å². The van der Waals surface area contributed by atoms with Crippen molar-refractivity contribution in [3.05, 3.63) is 29.8 Å². The fraction of sp³-hybridized carbons (Fsp3) is 0.667. The highest BCUT2D eigenvalue weighted by Crippen LogP contribution is 2.30. The Kier molecular flexibility index (Phi) is 4.81. The van der Waals surface area contributed by atoms with Crippen LogP contribution in [0.15, 0.2) is 24.3 Å². The third-order valence-corrected chi connectivity index (χ3v) is 4.89. The van der Waals surface area contributed by atoms with Crippen LogP contribution in [0.3, 0.4) is 0 Å². The lowest BCUT2D eigenvalue weighted by Gasteiger charge is -2.35. The van der Waals surface area contributed by atoms with Crippen molar-refractivity contribution >= 4 is 0 Å². The van der Waals surface area contributed by atoms with Crippen LogP contribution in [0.1, 0.15) is 44.6 Å². The van der Waals surface area contributed by atoms with Crippen LogP contribution >= 0.6 is 0 Å². The molecule has 1 heterocycles. The third kappa shape index (κ3) is 4.21. The fourth-order valence-corrected chi connectivity index (χ4v) is 3.52. The van der Waals surface area contributed by atoms with Crippen molar-refractivity contribution < 1.29 is 5.11 Å². The number of rotatable bonds is 6. The number of phenols is 1. The molecular weight excluding hydrogens is 260 g/mol. The molecule has 1 saturated heterocycles. The monoisotopic (exact) mass is 288 g/mol. The molecule has 1 saturated carbocycles. The number of hydrogen-bond acceptors (Lipinski definition) is 3. The second-order valence-corrected chi connectivity index (χ2v) is 6.79. The number of nitrogens with one attached hydrogen (secondary N) is 1. The lowest BCUT2D eigenvalue weighted by atomic mass is 10.0.